The van der Waals surface area contributed by atoms with Gasteiger partial charge in [0.25, 0.3) is 0 Å². The molecule has 0 aromatic carbocycles. The molecule has 0 aliphatic carbocycles. The molecule has 1 rings (SSSR count). The average Bonchev–Trinajstić information content (AvgIpc) is 1.69. The van der Waals surface area contributed by atoms with Crippen molar-refractivity contribution in [3.63, 3.8) is 0 Å². The quantitative estimate of drug-likeness (QED) is 0.462. The van der Waals surface area contributed by atoms with Gasteiger partial charge >= 0.3 is 0 Å². The minimum atomic E-state index is 0.829. The highest BCUT2D eigenvalue weighted by molar-refractivity contribution is 4.82. The Hall–Kier alpha value is -1.10. The van der Waals surface area contributed by atoms with Gasteiger partial charge in [0.15, 0.2) is 0 Å². The van der Waals surface area contributed by atoms with Crippen molar-refractivity contribution in [2.24, 2.45) is 0 Å². The van der Waals surface area contributed by atoms with Crippen molar-refractivity contribution in [3.8, 4) is 0 Å². The van der Waals surface area contributed by atoms with Crippen LogP contribution in [0.25, 0.3) is 0 Å². The summed E-state index contributed by atoms with van der Waals surface area (Å²) in [6.07, 6.45) is 3.97. The molecule has 0 N–H and O–H groups in total. The normalized spacial score (nSPS) is 7.57. The Morgan fingerprint density at radius 1 is 1.71 bits per heavy atom. The molecule has 34 valence electrons. The second-order valence-corrected chi connectivity index (χ2v) is 1.20. The second-order valence-electron chi connectivity index (χ2n) is 1.20. The molecule has 0 amide bonds. The van der Waals surface area contributed by atoms with Gasteiger partial charge in [0, 0.05) is 6.20 Å². The van der Waals surface area contributed by atoms with Crippen molar-refractivity contribution < 1.29 is 0 Å². The molecule has 7 heavy (non-hydrogen) atoms. The van der Waals surface area contributed by atoms with Gasteiger partial charge in [-0.05, 0) is 13.0 Å². The standard InChI is InChI=1S/C5H4N2/c1-5-2-3-6-4-7-5/h4H,1H3. The minimum Gasteiger partial charge on any atom is -0.232 e. The first-order valence-electron chi connectivity index (χ1n) is 1.96. The molecule has 0 fully saturated rings. The predicted octanol–water partition coefficient (Wildman–Crippen LogP) is 0.385. The molecule has 0 aliphatic rings. The summed E-state index contributed by atoms with van der Waals surface area (Å²) in [6, 6.07) is 2.68. The van der Waals surface area contributed by atoms with Crippen molar-refractivity contribution in [1.29, 1.82) is 0 Å². The molecule has 0 saturated carbocycles. The van der Waals surface area contributed by atoms with Gasteiger partial charge in [0.05, 0.1) is 5.69 Å². The molecule has 2 heteroatoms. The van der Waals surface area contributed by atoms with Gasteiger partial charge in [-0.2, -0.15) is 4.98 Å². The van der Waals surface area contributed by atoms with Crippen LogP contribution in [0.2, 0.25) is 0 Å². The van der Waals surface area contributed by atoms with Crippen LogP contribution in [0.15, 0.2) is 6.33 Å². The second kappa shape index (κ2) is 1.57. The Balaban J connectivity index is 3.02. The summed E-state index contributed by atoms with van der Waals surface area (Å²) in [7, 11) is 0. The highest BCUT2D eigenvalue weighted by Gasteiger charge is 1.71. The number of hydrogen-bond donors (Lipinski definition) is 0. The van der Waals surface area contributed by atoms with Crippen LogP contribution in [0.5, 0.6) is 0 Å². The summed E-state index contributed by atoms with van der Waals surface area (Å²) in [5, 5.41) is 0. The molecule has 0 aliphatic heterocycles. The third kappa shape index (κ3) is 0.866. The van der Waals surface area contributed by atoms with E-state index in [0.29, 0.717) is 0 Å². The zero-order chi connectivity index (χ0) is 5.11. The number of nitrogens with zero attached hydrogens (tertiary/aromatic N) is 2. The first-order valence-corrected chi connectivity index (χ1v) is 1.96. The summed E-state index contributed by atoms with van der Waals surface area (Å²) >= 11 is 0. The van der Waals surface area contributed by atoms with Gasteiger partial charge in [-0.15, -0.1) is 0 Å². The lowest BCUT2D eigenvalue weighted by molar-refractivity contribution is 1.12. The van der Waals surface area contributed by atoms with Crippen LogP contribution in [-0.4, -0.2) is 9.97 Å². The first kappa shape index (κ1) is 4.07. The van der Waals surface area contributed by atoms with E-state index in [2.05, 4.69) is 22.2 Å². The zero-order valence-corrected chi connectivity index (χ0v) is 3.97. The van der Waals surface area contributed by atoms with E-state index in [1.165, 1.54) is 6.33 Å². The molecule has 1 aromatic rings. The summed E-state index contributed by atoms with van der Waals surface area (Å²) in [4.78, 5) is 7.34. The van der Waals surface area contributed by atoms with Gasteiger partial charge in [0.1, 0.15) is 6.33 Å². The van der Waals surface area contributed by atoms with Crippen LogP contribution in [0.3, 0.4) is 0 Å². The molecule has 0 saturated heterocycles. The fourth-order valence-corrected chi connectivity index (χ4v) is 0.290. The molecule has 1 heterocycles. The van der Waals surface area contributed by atoms with Crippen molar-refractivity contribution >= 4 is 0 Å². The fourth-order valence-electron chi connectivity index (χ4n) is 0.290. The maximum absolute atomic E-state index is 3.78. The van der Waals surface area contributed by atoms with Gasteiger partial charge in [-0.3, -0.25) is 0 Å². The lowest BCUT2D eigenvalue weighted by atomic mass is 10.5. The van der Waals surface area contributed by atoms with E-state index in [0.717, 1.165) is 5.69 Å². The minimum absolute atomic E-state index is 0.829. The number of aryl methyl sites for hydroxylation is 1. The SMILES string of the molecule is Cc1c#cncn1. The van der Waals surface area contributed by atoms with E-state index < -0.39 is 0 Å². The fraction of sp³-hybridized carbons (Fsp3) is 0.200. The first-order chi connectivity index (χ1) is 3.39. The number of rotatable bonds is 0. The highest BCUT2D eigenvalue weighted by atomic mass is 14.8. The topological polar surface area (TPSA) is 25.8 Å². The van der Waals surface area contributed by atoms with E-state index in [1.54, 1.807) is 0 Å². The van der Waals surface area contributed by atoms with Crippen molar-refractivity contribution in [1.82, 2.24) is 9.97 Å². The Morgan fingerprint density at radius 3 is 2.86 bits per heavy atom. The Labute approximate surface area is 42.2 Å². The molecular formula is C5H4N2. The number of hydrogen-bond acceptors (Lipinski definition) is 2. The molecular weight excluding hydrogens is 88.1 g/mol. The molecule has 0 radical (unpaired) electrons. The largest absolute Gasteiger partial charge is 0.232 e. The van der Waals surface area contributed by atoms with Crippen LogP contribution >= 0.6 is 0 Å². The Morgan fingerprint density at radius 2 is 2.57 bits per heavy atom. The Kier molecular flexibility index (Phi) is 0.910. The van der Waals surface area contributed by atoms with E-state index >= 15 is 0 Å². The van der Waals surface area contributed by atoms with E-state index in [9.17, 15) is 0 Å². The van der Waals surface area contributed by atoms with Crippen molar-refractivity contribution in [2.45, 2.75) is 6.92 Å². The van der Waals surface area contributed by atoms with Crippen molar-refractivity contribution in [3.05, 3.63) is 24.3 Å². The third-order valence-corrected chi connectivity index (χ3v) is 0.610. The van der Waals surface area contributed by atoms with Gasteiger partial charge < -0.3 is 0 Å². The maximum Gasteiger partial charge on any atom is 0.127 e. The number of aromatic nitrogens is 2. The van der Waals surface area contributed by atoms with Crippen LogP contribution in [0, 0.1) is 19.2 Å². The van der Waals surface area contributed by atoms with Gasteiger partial charge in [0.2, 0.25) is 0 Å². The monoisotopic (exact) mass is 92.0 g/mol. The highest BCUT2D eigenvalue weighted by Crippen LogP contribution is 1.74. The molecule has 0 unspecified atom stereocenters. The predicted molar refractivity (Wildman–Crippen MR) is 24.4 cm³/mol. The molecule has 1 aromatic heterocycles. The Bertz CT molecular complexity index is 136. The lowest BCUT2D eigenvalue weighted by Crippen LogP contribution is -1.74. The van der Waals surface area contributed by atoms with E-state index in [-0.39, 0.29) is 0 Å². The average molecular weight is 92.1 g/mol. The van der Waals surface area contributed by atoms with Crippen LogP contribution in [-0.2, 0) is 0 Å². The third-order valence-electron chi connectivity index (χ3n) is 0.610. The summed E-state index contributed by atoms with van der Waals surface area (Å²) < 4.78 is 0. The molecule has 2 nitrogen and oxygen atoms in total. The smallest absolute Gasteiger partial charge is 0.127 e. The molecule has 0 bridgehead atoms. The van der Waals surface area contributed by atoms with E-state index in [4.69, 9.17) is 0 Å². The molecule has 0 atom stereocenters. The lowest BCUT2D eigenvalue weighted by Gasteiger charge is -1.74. The summed E-state index contributed by atoms with van der Waals surface area (Å²) in [5.41, 5.74) is 0.829. The van der Waals surface area contributed by atoms with Crippen LogP contribution in [0.1, 0.15) is 5.69 Å². The van der Waals surface area contributed by atoms with Crippen molar-refractivity contribution in [2.75, 3.05) is 0 Å². The van der Waals surface area contributed by atoms with Gasteiger partial charge in [-0.1, -0.05) is 0 Å². The zero-order valence-electron chi connectivity index (χ0n) is 3.97. The molecule has 0 spiro atoms. The van der Waals surface area contributed by atoms with Crippen LogP contribution < -0.4 is 0 Å². The maximum atomic E-state index is 3.78. The van der Waals surface area contributed by atoms with Crippen LogP contribution in [0.4, 0.5) is 0 Å². The van der Waals surface area contributed by atoms with E-state index in [1.807, 2.05) is 6.92 Å². The summed E-state index contributed by atoms with van der Waals surface area (Å²) in [6.45, 7) is 1.85. The van der Waals surface area contributed by atoms with Gasteiger partial charge in [-0.25, -0.2) is 4.98 Å². The summed E-state index contributed by atoms with van der Waals surface area (Å²) in [5.74, 6) is 0.